The van der Waals surface area contributed by atoms with E-state index in [9.17, 15) is 4.79 Å². The maximum absolute atomic E-state index is 11.9. The van der Waals surface area contributed by atoms with Gasteiger partial charge >= 0.3 is 0 Å². The van der Waals surface area contributed by atoms with Gasteiger partial charge in [-0.05, 0) is 29.2 Å². The monoisotopic (exact) mass is 360 g/mol. The zero-order valence-corrected chi connectivity index (χ0v) is 14.1. The summed E-state index contributed by atoms with van der Waals surface area (Å²) in [5.41, 5.74) is 0.499. The lowest BCUT2D eigenvalue weighted by molar-refractivity contribution is 0.533. The summed E-state index contributed by atoms with van der Waals surface area (Å²) in [5, 5.41) is 0. The van der Waals surface area contributed by atoms with Gasteiger partial charge in [0.05, 0.1) is 10.5 Å². The van der Waals surface area contributed by atoms with Gasteiger partial charge in [0.15, 0.2) is 11.5 Å². The summed E-state index contributed by atoms with van der Waals surface area (Å²) in [4.78, 5) is 13.8. The summed E-state index contributed by atoms with van der Waals surface area (Å²) in [7, 11) is 3.90. The first-order chi connectivity index (χ1) is 9.40. The number of nitrogens with zero attached hydrogens (tertiary/aromatic N) is 2. The van der Waals surface area contributed by atoms with E-state index >= 15 is 0 Å². The number of likely N-dealkylation sites (N-methyl/N-ethyl adjacent to an activating group) is 2. The summed E-state index contributed by atoms with van der Waals surface area (Å²) in [6.45, 7) is 1.58. The number of halogens is 1. The molecule has 7 heteroatoms. The van der Waals surface area contributed by atoms with Gasteiger partial charge in [0, 0.05) is 20.1 Å². The van der Waals surface area contributed by atoms with Crippen molar-refractivity contribution in [2.24, 2.45) is 0 Å². The van der Waals surface area contributed by atoms with E-state index in [1.807, 2.05) is 19.0 Å². The highest BCUT2D eigenvalue weighted by molar-refractivity contribution is 9.10. The van der Waals surface area contributed by atoms with Gasteiger partial charge in [-0.2, -0.15) is 0 Å². The van der Waals surface area contributed by atoms with Crippen LogP contribution in [0, 0.1) is 0 Å². The highest BCUT2D eigenvalue weighted by Gasteiger charge is 2.14. The molecule has 0 amide bonds. The molecule has 5 nitrogen and oxygen atoms in total. The fourth-order valence-corrected chi connectivity index (χ4v) is 2.40. The molecule has 0 spiro atoms. The third kappa shape index (κ3) is 3.16. The zero-order valence-electron chi connectivity index (χ0n) is 11.7. The van der Waals surface area contributed by atoms with Gasteiger partial charge in [0.1, 0.15) is 6.26 Å². The number of rotatable bonds is 5. The van der Waals surface area contributed by atoms with Crippen LogP contribution in [0.4, 0.5) is 5.88 Å². The third-order valence-corrected chi connectivity index (χ3v) is 4.84. The van der Waals surface area contributed by atoms with Gasteiger partial charge in [0.2, 0.25) is 11.0 Å². The van der Waals surface area contributed by atoms with Crippen molar-refractivity contribution in [1.29, 1.82) is 0 Å². The molecular formula is C13H17BrN2O3S. The fraction of sp³-hybridized carbons (Fsp3) is 0.385. The van der Waals surface area contributed by atoms with Crippen molar-refractivity contribution in [3.63, 3.8) is 0 Å². The van der Waals surface area contributed by atoms with Crippen LogP contribution in [0.15, 0.2) is 30.4 Å². The van der Waals surface area contributed by atoms with Crippen LogP contribution in [0.3, 0.4) is 0 Å². The molecule has 0 saturated carbocycles. The Labute approximate surface area is 128 Å². The Kier molecular flexibility index (Phi) is 4.72. The summed E-state index contributed by atoms with van der Waals surface area (Å²) in [5.74, 6) is 4.52. The average Bonchev–Trinajstić information content (AvgIpc) is 2.77. The van der Waals surface area contributed by atoms with Crippen molar-refractivity contribution in [2.45, 2.75) is 0 Å². The molecule has 0 N–H and O–H groups in total. The molecule has 0 radical (unpaired) electrons. The molecule has 2 heterocycles. The van der Waals surface area contributed by atoms with Crippen LogP contribution in [0.25, 0.3) is 11.2 Å². The highest BCUT2D eigenvalue weighted by Crippen LogP contribution is 2.27. The summed E-state index contributed by atoms with van der Waals surface area (Å²) in [6.07, 6.45) is 3.52. The van der Waals surface area contributed by atoms with Crippen molar-refractivity contribution in [1.82, 2.24) is 4.31 Å². The lowest BCUT2D eigenvalue weighted by atomic mass is 10.4. The van der Waals surface area contributed by atoms with Crippen LogP contribution in [-0.2, 0) is 0 Å². The molecule has 2 rings (SSSR count). The smallest absolute Gasteiger partial charge is 0.230 e. The molecule has 2 aromatic rings. The van der Waals surface area contributed by atoms with Gasteiger partial charge in [-0.25, -0.2) is 0 Å². The maximum Gasteiger partial charge on any atom is 0.230 e. The molecule has 0 aliphatic heterocycles. The topological polar surface area (TPSA) is 49.8 Å². The number of hydrogen-bond donors (Lipinski definition) is 0. The Balaban J connectivity index is 2.22. The van der Waals surface area contributed by atoms with Crippen LogP contribution in [0.2, 0.25) is 0 Å². The molecule has 2 aromatic heterocycles. The van der Waals surface area contributed by atoms with E-state index in [4.69, 9.17) is 8.83 Å². The Morgan fingerprint density at radius 1 is 1.35 bits per heavy atom. The average molecular weight is 361 g/mol. The molecule has 0 aliphatic carbocycles. The van der Waals surface area contributed by atoms with Gasteiger partial charge in [-0.15, -0.1) is 10.7 Å². The largest absolute Gasteiger partial charge is 0.456 e. The minimum Gasteiger partial charge on any atom is -0.456 e. The Morgan fingerprint density at radius 3 is 2.70 bits per heavy atom. The van der Waals surface area contributed by atoms with Crippen molar-refractivity contribution in [3.05, 3.63) is 27.0 Å². The molecular weight excluding hydrogens is 344 g/mol. The molecule has 1 atom stereocenters. The summed E-state index contributed by atoms with van der Waals surface area (Å²) in [6, 6.07) is 1.45. The second kappa shape index (κ2) is 6.15. The number of furan rings is 1. The van der Waals surface area contributed by atoms with E-state index in [-0.39, 0.29) is 21.7 Å². The molecule has 110 valence electrons. The lowest BCUT2D eigenvalue weighted by Gasteiger charge is -2.22. The van der Waals surface area contributed by atoms with Gasteiger partial charge in [0.25, 0.3) is 0 Å². The Hall–Kier alpha value is -1.05. The molecule has 0 saturated heterocycles. The first-order valence-electron chi connectivity index (χ1n) is 5.99. The number of anilines is 1. The fourth-order valence-electron chi connectivity index (χ4n) is 1.65. The normalized spacial score (nSPS) is 13.1. The highest BCUT2D eigenvalue weighted by atomic mass is 79.9. The molecule has 0 bridgehead atoms. The van der Waals surface area contributed by atoms with Crippen molar-refractivity contribution < 1.29 is 8.83 Å². The van der Waals surface area contributed by atoms with E-state index < -0.39 is 0 Å². The Bertz CT molecular complexity index is 694. The molecule has 20 heavy (non-hydrogen) atoms. The van der Waals surface area contributed by atoms with Gasteiger partial charge in [-0.3, -0.25) is 9.10 Å². The molecule has 1 unspecified atom stereocenters. The second-order valence-electron chi connectivity index (χ2n) is 4.56. The third-order valence-electron chi connectivity index (χ3n) is 3.05. The van der Waals surface area contributed by atoms with E-state index in [1.165, 1.54) is 12.3 Å². The van der Waals surface area contributed by atoms with Crippen LogP contribution in [-0.4, -0.2) is 43.6 Å². The SMILES string of the molecule is C=S(C)N(C)CCN(C)c1cc(=O)c2occ(Br)c2o1. The first-order valence-corrected chi connectivity index (χ1v) is 8.54. The number of fused-ring (bicyclic) bond motifs is 1. The Morgan fingerprint density at radius 2 is 2.05 bits per heavy atom. The molecule has 0 fully saturated rings. The summed E-state index contributed by atoms with van der Waals surface area (Å²) < 4.78 is 13.7. The molecule has 0 aliphatic rings. The predicted molar refractivity (Wildman–Crippen MR) is 89.0 cm³/mol. The van der Waals surface area contributed by atoms with Crippen LogP contribution < -0.4 is 10.3 Å². The molecule has 0 aromatic carbocycles. The summed E-state index contributed by atoms with van der Waals surface area (Å²) >= 11 is 3.31. The van der Waals surface area contributed by atoms with E-state index in [1.54, 1.807) is 0 Å². The van der Waals surface area contributed by atoms with E-state index in [2.05, 4.69) is 32.4 Å². The standard InChI is InChI=1S/C13H17BrN2O3S/c1-15(5-6-16(2)20(3)4)11-7-10(17)13-12(19-11)9(14)8-18-13/h7-8H,3,5-6H2,1-2,4H3. The van der Waals surface area contributed by atoms with Crippen molar-refractivity contribution >= 4 is 49.5 Å². The number of hydrogen-bond acceptors (Lipinski definition) is 5. The van der Waals surface area contributed by atoms with Gasteiger partial charge in [-0.1, -0.05) is 5.87 Å². The maximum atomic E-state index is 11.9. The van der Waals surface area contributed by atoms with Gasteiger partial charge < -0.3 is 13.7 Å². The van der Waals surface area contributed by atoms with Crippen molar-refractivity contribution in [3.8, 4) is 0 Å². The minimum absolute atomic E-state index is 0.0152. The van der Waals surface area contributed by atoms with E-state index in [0.717, 1.165) is 13.1 Å². The minimum atomic E-state index is -0.181. The van der Waals surface area contributed by atoms with Crippen LogP contribution in [0.5, 0.6) is 0 Å². The second-order valence-corrected chi connectivity index (χ2v) is 7.24. The van der Waals surface area contributed by atoms with Crippen molar-refractivity contribution in [2.75, 3.05) is 38.3 Å². The predicted octanol–water partition coefficient (Wildman–Crippen LogP) is 2.76. The van der Waals surface area contributed by atoms with Crippen LogP contribution in [0.1, 0.15) is 0 Å². The van der Waals surface area contributed by atoms with E-state index in [0.29, 0.717) is 15.9 Å². The quantitative estimate of drug-likeness (QED) is 0.767. The van der Waals surface area contributed by atoms with Crippen LogP contribution >= 0.6 is 26.6 Å². The first kappa shape index (κ1) is 15.3. The lowest BCUT2D eigenvalue weighted by Crippen LogP contribution is -2.28. The zero-order chi connectivity index (χ0) is 14.9.